The fraction of sp³-hybridized carbons (Fsp3) is 0.222. The van der Waals surface area contributed by atoms with Crippen molar-refractivity contribution in [2.45, 2.75) is 11.3 Å². The van der Waals surface area contributed by atoms with E-state index in [4.69, 9.17) is 22.3 Å². The average Bonchev–Trinajstić information content (AvgIpc) is 2.27. The van der Waals surface area contributed by atoms with Crippen LogP contribution >= 0.6 is 38.2 Å². The second-order valence-corrected chi connectivity index (χ2v) is 7.13. The molecule has 10 heteroatoms. The molecule has 0 aliphatic rings. The van der Waals surface area contributed by atoms with E-state index in [9.17, 15) is 22.0 Å². The summed E-state index contributed by atoms with van der Waals surface area (Å²) in [6.45, 7) is -0.870. The first kappa shape index (κ1) is 16.6. The van der Waals surface area contributed by atoms with E-state index in [1.54, 1.807) is 0 Å². The summed E-state index contributed by atoms with van der Waals surface area (Å²) in [7, 11) is 0.994. The molecule has 0 radical (unpaired) electrons. The Balaban J connectivity index is 3.22. The third-order valence-electron chi connectivity index (χ3n) is 1.93. The number of hydrogen-bond donors (Lipinski definition) is 1. The van der Waals surface area contributed by atoms with E-state index < -0.39 is 37.8 Å². The summed E-state index contributed by atoms with van der Waals surface area (Å²) in [4.78, 5) is 11.1. The van der Waals surface area contributed by atoms with Gasteiger partial charge in [-0.2, -0.15) is 0 Å². The van der Waals surface area contributed by atoms with Crippen LogP contribution in [-0.2, 0) is 9.05 Å². The molecule has 0 bridgehead atoms. The van der Waals surface area contributed by atoms with Crippen molar-refractivity contribution in [1.82, 2.24) is 5.32 Å². The molecule has 0 unspecified atom stereocenters. The highest BCUT2D eigenvalue weighted by Gasteiger charge is 2.22. The summed E-state index contributed by atoms with van der Waals surface area (Å²) in [5.41, 5.74) is -0.268. The number of carbonyl (C=O) groups excluding carboxylic acids is 1. The monoisotopic (exact) mass is 395 g/mol. The first-order chi connectivity index (χ1) is 8.62. The lowest BCUT2D eigenvalue weighted by atomic mass is 10.2. The Bertz CT molecular complexity index is 610. The van der Waals surface area contributed by atoms with Crippen LogP contribution in [0, 0.1) is 0 Å². The Labute approximate surface area is 125 Å². The number of benzene rings is 1. The van der Waals surface area contributed by atoms with Gasteiger partial charge in [-0.1, -0.05) is 27.5 Å². The number of alkyl halides is 2. The number of halogens is 5. The molecule has 0 aromatic heterocycles. The predicted molar refractivity (Wildman–Crippen MR) is 70.5 cm³/mol. The van der Waals surface area contributed by atoms with Gasteiger partial charge >= 0.3 is 0 Å². The average molecular weight is 397 g/mol. The van der Waals surface area contributed by atoms with Crippen molar-refractivity contribution in [2.24, 2.45) is 0 Å². The van der Waals surface area contributed by atoms with Crippen LogP contribution < -0.4 is 5.32 Å². The van der Waals surface area contributed by atoms with Gasteiger partial charge in [0.2, 0.25) is 0 Å². The zero-order valence-corrected chi connectivity index (χ0v) is 12.9. The Morgan fingerprint density at radius 3 is 2.47 bits per heavy atom. The normalized spacial score (nSPS) is 11.7. The van der Waals surface area contributed by atoms with Crippen molar-refractivity contribution < 1.29 is 22.0 Å². The number of carbonyl (C=O) groups is 1. The van der Waals surface area contributed by atoms with Crippen molar-refractivity contribution in [2.75, 3.05) is 6.54 Å². The second kappa shape index (κ2) is 6.34. The van der Waals surface area contributed by atoms with Gasteiger partial charge in [-0.3, -0.25) is 4.79 Å². The third-order valence-corrected chi connectivity index (χ3v) is 4.25. The molecule has 1 amide bonds. The van der Waals surface area contributed by atoms with Gasteiger partial charge in [0, 0.05) is 15.2 Å². The standard InChI is InChI=1S/C9H6BrCl2F2NO3S/c10-4-1-5(9(16)15-3-7(13)14)8(11)6(2-4)19(12,17)18/h1-2,7H,3H2,(H,15,16). The molecule has 0 heterocycles. The zero-order valence-electron chi connectivity index (χ0n) is 8.96. The maximum absolute atomic E-state index is 12.0. The Kier molecular flexibility index (Phi) is 5.54. The molecule has 0 aliphatic heterocycles. The molecule has 106 valence electrons. The van der Waals surface area contributed by atoms with E-state index in [0.717, 1.165) is 6.07 Å². The summed E-state index contributed by atoms with van der Waals surface area (Å²) >= 11 is 8.72. The third kappa shape index (κ3) is 4.55. The van der Waals surface area contributed by atoms with E-state index in [1.807, 2.05) is 5.32 Å². The van der Waals surface area contributed by atoms with Gasteiger partial charge in [0.1, 0.15) is 4.90 Å². The minimum Gasteiger partial charge on any atom is -0.346 e. The minimum absolute atomic E-state index is 0.221. The number of amides is 1. The Hall–Kier alpha value is -0.440. The number of rotatable bonds is 4. The minimum atomic E-state index is -4.16. The van der Waals surface area contributed by atoms with Gasteiger partial charge in [-0.25, -0.2) is 17.2 Å². The summed E-state index contributed by atoms with van der Waals surface area (Å²) in [5, 5.41) is 1.49. The SMILES string of the molecule is O=C(NCC(F)F)c1cc(Br)cc(S(=O)(=O)Cl)c1Cl. The lowest BCUT2D eigenvalue weighted by Crippen LogP contribution is -2.28. The van der Waals surface area contributed by atoms with Gasteiger partial charge in [0.25, 0.3) is 21.4 Å². The molecule has 1 aromatic rings. The maximum Gasteiger partial charge on any atom is 0.262 e. The molecule has 1 N–H and O–H groups in total. The fourth-order valence-electron chi connectivity index (χ4n) is 1.17. The first-order valence-electron chi connectivity index (χ1n) is 4.63. The van der Waals surface area contributed by atoms with Crippen LogP contribution in [0.1, 0.15) is 10.4 Å². The molecule has 0 atom stereocenters. The quantitative estimate of drug-likeness (QED) is 0.795. The van der Waals surface area contributed by atoms with Crippen molar-refractivity contribution in [3.8, 4) is 0 Å². The van der Waals surface area contributed by atoms with Crippen LogP contribution in [0.4, 0.5) is 8.78 Å². The van der Waals surface area contributed by atoms with Crippen molar-refractivity contribution in [3.63, 3.8) is 0 Å². The molecular formula is C9H6BrCl2F2NO3S. The van der Waals surface area contributed by atoms with Crippen molar-refractivity contribution >= 4 is 53.2 Å². The van der Waals surface area contributed by atoms with Crippen LogP contribution in [0.15, 0.2) is 21.5 Å². The van der Waals surface area contributed by atoms with Crippen LogP contribution in [-0.4, -0.2) is 27.3 Å². The molecular weight excluding hydrogens is 391 g/mol. The summed E-state index contributed by atoms with van der Waals surface area (Å²) < 4.78 is 46.7. The molecule has 1 aromatic carbocycles. The maximum atomic E-state index is 12.0. The smallest absolute Gasteiger partial charge is 0.262 e. The van der Waals surface area contributed by atoms with E-state index >= 15 is 0 Å². The van der Waals surface area contributed by atoms with Crippen LogP contribution in [0.5, 0.6) is 0 Å². The van der Waals surface area contributed by atoms with E-state index in [1.165, 1.54) is 6.07 Å². The molecule has 0 saturated heterocycles. The van der Waals surface area contributed by atoms with Gasteiger partial charge in [0.15, 0.2) is 0 Å². The molecule has 19 heavy (non-hydrogen) atoms. The van der Waals surface area contributed by atoms with E-state index in [-0.39, 0.29) is 10.0 Å². The zero-order chi connectivity index (χ0) is 14.8. The topological polar surface area (TPSA) is 63.2 Å². The largest absolute Gasteiger partial charge is 0.346 e. The van der Waals surface area contributed by atoms with Gasteiger partial charge in [-0.05, 0) is 12.1 Å². The van der Waals surface area contributed by atoms with Crippen molar-refractivity contribution in [3.05, 3.63) is 27.2 Å². The van der Waals surface area contributed by atoms with Gasteiger partial charge < -0.3 is 5.32 Å². The second-order valence-electron chi connectivity index (χ2n) is 3.30. The lowest BCUT2D eigenvalue weighted by Gasteiger charge is -2.09. The van der Waals surface area contributed by atoms with E-state index in [0.29, 0.717) is 0 Å². The molecule has 4 nitrogen and oxygen atoms in total. The summed E-state index contributed by atoms with van der Waals surface area (Å²) in [5.74, 6) is -0.923. The van der Waals surface area contributed by atoms with Crippen LogP contribution in [0.2, 0.25) is 5.02 Å². The van der Waals surface area contributed by atoms with E-state index in [2.05, 4.69) is 15.9 Å². The molecule has 0 aliphatic carbocycles. The van der Waals surface area contributed by atoms with Crippen LogP contribution in [0.3, 0.4) is 0 Å². The van der Waals surface area contributed by atoms with Crippen LogP contribution in [0.25, 0.3) is 0 Å². The number of nitrogens with one attached hydrogen (secondary N) is 1. The molecule has 0 spiro atoms. The summed E-state index contributed by atoms with van der Waals surface area (Å²) in [6, 6.07) is 2.31. The fourth-order valence-corrected chi connectivity index (χ4v) is 3.36. The van der Waals surface area contributed by atoms with Gasteiger partial charge in [-0.15, -0.1) is 0 Å². The lowest BCUT2D eigenvalue weighted by molar-refractivity contribution is 0.0891. The molecule has 0 fully saturated rings. The highest BCUT2D eigenvalue weighted by molar-refractivity contribution is 9.10. The Morgan fingerprint density at radius 2 is 2.00 bits per heavy atom. The first-order valence-corrected chi connectivity index (χ1v) is 8.11. The summed E-state index contributed by atoms with van der Waals surface area (Å²) in [6.07, 6.45) is -2.73. The predicted octanol–water partition coefficient (Wildman–Crippen LogP) is 3.02. The highest BCUT2D eigenvalue weighted by Crippen LogP contribution is 2.31. The number of hydrogen-bond acceptors (Lipinski definition) is 3. The Morgan fingerprint density at radius 1 is 1.42 bits per heavy atom. The van der Waals surface area contributed by atoms with Crippen molar-refractivity contribution in [1.29, 1.82) is 0 Å². The highest BCUT2D eigenvalue weighted by atomic mass is 79.9. The molecule has 1 rings (SSSR count). The molecule has 0 saturated carbocycles. The van der Waals surface area contributed by atoms with Gasteiger partial charge in [0.05, 0.1) is 17.1 Å².